The van der Waals surface area contributed by atoms with Crippen LogP contribution in [0, 0.1) is 0 Å². The van der Waals surface area contributed by atoms with Gasteiger partial charge >= 0.3 is 6.09 Å². The molecule has 0 radical (unpaired) electrons. The van der Waals surface area contributed by atoms with Crippen molar-refractivity contribution in [2.45, 2.75) is 19.6 Å². The van der Waals surface area contributed by atoms with Gasteiger partial charge in [0.05, 0.1) is 11.1 Å². The molecule has 31 heavy (non-hydrogen) atoms. The summed E-state index contributed by atoms with van der Waals surface area (Å²) >= 11 is 0. The van der Waals surface area contributed by atoms with E-state index in [1.165, 1.54) is 0 Å². The van der Waals surface area contributed by atoms with Crippen molar-refractivity contribution in [2.75, 3.05) is 26.2 Å². The SMILES string of the molecule is CC(C(=O)N1CCN(C(=O)OCc2ccccc2)CC1)N1C(=O)c2ccccc2C1=O. The molecule has 160 valence electrons. The summed E-state index contributed by atoms with van der Waals surface area (Å²) in [7, 11) is 0. The molecule has 2 aliphatic rings. The summed E-state index contributed by atoms with van der Waals surface area (Å²) in [6.45, 7) is 3.03. The zero-order valence-electron chi connectivity index (χ0n) is 17.2. The van der Waals surface area contributed by atoms with Gasteiger partial charge in [-0.3, -0.25) is 19.3 Å². The second-order valence-electron chi connectivity index (χ2n) is 7.55. The van der Waals surface area contributed by atoms with Crippen molar-refractivity contribution in [1.82, 2.24) is 14.7 Å². The van der Waals surface area contributed by atoms with Gasteiger partial charge in [0.1, 0.15) is 12.6 Å². The van der Waals surface area contributed by atoms with E-state index < -0.39 is 23.9 Å². The van der Waals surface area contributed by atoms with E-state index in [4.69, 9.17) is 4.74 Å². The smallest absolute Gasteiger partial charge is 0.410 e. The van der Waals surface area contributed by atoms with Gasteiger partial charge in [0.25, 0.3) is 11.8 Å². The molecule has 2 aromatic rings. The number of carbonyl (C=O) groups excluding carboxylic acids is 4. The monoisotopic (exact) mass is 421 g/mol. The second-order valence-corrected chi connectivity index (χ2v) is 7.55. The van der Waals surface area contributed by atoms with Crippen LogP contribution in [-0.2, 0) is 16.1 Å². The first-order chi connectivity index (χ1) is 15.0. The molecule has 1 saturated heterocycles. The van der Waals surface area contributed by atoms with Crippen molar-refractivity contribution in [3.05, 3.63) is 71.3 Å². The molecule has 4 rings (SSSR count). The molecule has 1 unspecified atom stereocenters. The number of hydrogen-bond donors (Lipinski definition) is 0. The zero-order valence-corrected chi connectivity index (χ0v) is 17.2. The Morgan fingerprint density at radius 1 is 0.839 bits per heavy atom. The average Bonchev–Trinajstić information content (AvgIpc) is 3.07. The highest BCUT2D eigenvalue weighted by Crippen LogP contribution is 2.25. The molecule has 0 N–H and O–H groups in total. The molecule has 8 heteroatoms. The molecular weight excluding hydrogens is 398 g/mol. The number of hydrogen-bond acceptors (Lipinski definition) is 5. The quantitative estimate of drug-likeness (QED) is 0.706. The van der Waals surface area contributed by atoms with Crippen LogP contribution in [0.25, 0.3) is 0 Å². The maximum Gasteiger partial charge on any atom is 0.410 e. The molecule has 8 nitrogen and oxygen atoms in total. The van der Waals surface area contributed by atoms with E-state index in [0.717, 1.165) is 10.5 Å². The molecule has 2 aliphatic heterocycles. The highest BCUT2D eigenvalue weighted by molar-refractivity contribution is 6.22. The number of rotatable bonds is 4. The van der Waals surface area contributed by atoms with Crippen LogP contribution in [0.5, 0.6) is 0 Å². The minimum atomic E-state index is -0.913. The minimum absolute atomic E-state index is 0.190. The van der Waals surface area contributed by atoms with Crippen LogP contribution in [-0.4, -0.2) is 70.7 Å². The molecule has 2 heterocycles. The van der Waals surface area contributed by atoms with Gasteiger partial charge in [0, 0.05) is 26.2 Å². The molecule has 1 atom stereocenters. The lowest BCUT2D eigenvalue weighted by Gasteiger charge is -2.36. The number of amides is 4. The molecule has 0 bridgehead atoms. The van der Waals surface area contributed by atoms with Crippen molar-refractivity contribution < 1.29 is 23.9 Å². The first kappa shape index (κ1) is 20.6. The van der Waals surface area contributed by atoms with Gasteiger partial charge in [0.2, 0.25) is 5.91 Å². The Hall–Kier alpha value is -3.68. The van der Waals surface area contributed by atoms with E-state index in [2.05, 4.69) is 0 Å². The van der Waals surface area contributed by atoms with E-state index in [1.807, 2.05) is 30.3 Å². The largest absolute Gasteiger partial charge is 0.445 e. The van der Waals surface area contributed by atoms with Gasteiger partial charge in [-0.1, -0.05) is 42.5 Å². The van der Waals surface area contributed by atoms with Crippen LogP contribution in [0.15, 0.2) is 54.6 Å². The third-order valence-corrected chi connectivity index (χ3v) is 5.62. The summed E-state index contributed by atoms with van der Waals surface area (Å²) in [6.07, 6.45) is -0.427. The van der Waals surface area contributed by atoms with Crippen molar-refractivity contribution in [3.63, 3.8) is 0 Å². The summed E-state index contributed by atoms with van der Waals surface area (Å²) < 4.78 is 5.34. The molecule has 0 spiro atoms. The standard InChI is InChI=1S/C23H23N3O5/c1-16(26-21(28)18-9-5-6-10-19(18)22(26)29)20(27)24-11-13-25(14-12-24)23(30)31-15-17-7-3-2-4-8-17/h2-10,16H,11-15H2,1H3. The molecule has 0 aliphatic carbocycles. The first-order valence-electron chi connectivity index (χ1n) is 10.2. The molecular formula is C23H23N3O5. The molecule has 2 aromatic carbocycles. The van der Waals surface area contributed by atoms with Gasteiger partial charge in [-0.15, -0.1) is 0 Å². The fourth-order valence-corrected chi connectivity index (χ4v) is 3.85. The van der Waals surface area contributed by atoms with E-state index in [9.17, 15) is 19.2 Å². The van der Waals surface area contributed by atoms with Crippen molar-refractivity contribution in [1.29, 1.82) is 0 Å². The van der Waals surface area contributed by atoms with E-state index in [1.54, 1.807) is 41.0 Å². The third-order valence-electron chi connectivity index (χ3n) is 5.62. The number of piperazine rings is 1. The van der Waals surface area contributed by atoms with Crippen molar-refractivity contribution in [3.8, 4) is 0 Å². The maximum atomic E-state index is 13.0. The van der Waals surface area contributed by atoms with Gasteiger partial charge < -0.3 is 14.5 Å². The number of carbonyl (C=O) groups is 4. The lowest BCUT2D eigenvalue weighted by molar-refractivity contribution is -0.136. The Kier molecular flexibility index (Phi) is 5.70. The molecule has 0 saturated carbocycles. The van der Waals surface area contributed by atoms with Crippen LogP contribution >= 0.6 is 0 Å². The Morgan fingerprint density at radius 2 is 1.35 bits per heavy atom. The Morgan fingerprint density at radius 3 is 1.94 bits per heavy atom. The molecule has 4 amide bonds. The number of benzene rings is 2. The van der Waals surface area contributed by atoms with Gasteiger partial charge in [-0.2, -0.15) is 0 Å². The topological polar surface area (TPSA) is 87.2 Å². The number of fused-ring (bicyclic) bond motifs is 1. The van der Waals surface area contributed by atoms with Gasteiger partial charge in [-0.05, 0) is 24.6 Å². The first-order valence-corrected chi connectivity index (χ1v) is 10.2. The fourth-order valence-electron chi connectivity index (χ4n) is 3.85. The Labute approximate surface area is 180 Å². The average molecular weight is 421 g/mol. The van der Waals surface area contributed by atoms with Crippen LogP contribution in [0.3, 0.4) is 0 Å². The third kappa shape index (κ3) is 4.01. The lowest BCUT2D eigenvalue weighted by Crippen LogP contribution is -2.56. The Bertz CT molecular complexity index is 980. The summed E-state index contributed by atoms with van der Waals surface area (Å²) in [6, 6.07) is 15.1. The summed E-state index contributed by atoms with van der Waals surface area (Å²) in [5.41, 5.74) is 1.54. The molecule has 1 fully saturated rings. The summed E-state index contributed by atoms with van der Waals surface area (Å²) in [5, 5.41) is 0. The van der Waals surface area contributed by atoms with E-state index >= 15 is 0 Å². The normalized spacial score (nSPS) is 16.9. The van der Waals surface area contributed by atoms with Crippen LogP contribution < -0.4 is 0 Å². The van der Waals surface area contributed by atoms with E-state index in [0.29, 0.717) is 37.3 Å². The van der Waals surface area contributed by atoms with Crippen LogP contribution in [0.2, 0.25) is 0 Å². The lowest BCUT2D eigenvalue weighted by atomic mass is 10.1. The van der Waals surface area contributed by atoms with Crippen LogP contribution in [0.1, 0.15) is 33.2 Å². The van der Waals surface area contributed by atoms with E-state index in [-0.39, 0.29) is 12.5 Å². The van der Waals surface area contributed by atoms with Crippen molar-refractivity contribution in [2.24, 2.45) is 0 Å². The fraction of sp³-hybridized carbons (Fsp3) is 0.304. The zero-order chi connectivity index (χ0) is 22.0. The highest BCUT2D eigenvalue weighted by Gasteiger charge is 2.42. The maximum absolute atomic E-state index is 13.0. The molecule has 0 aromatic heterocycles. The van der Waals surface area contributed by atoms with Gasteiger partial charge in [-0.25, -0.2) is 4.79 Å². The number of nitrogens with zero attached hydrogens (tertiary/aromatic N) is 3. The highest BCUT2D eigenvalue weighted by atomic mass is 16.6. The Balaban J connectivity index is 1.32. The van der Waals surface area contributed by atoms with Crippen molar-refractivity contribution >= 4 is 23.8 Å². The minimum Gasteiger partial charge on any atom is -0.445 e. The number of imide groups is 1. The number of ether oxygens (including phenoxy) is 1. The second kappa shape index (κ2) is 8.59. The predicted molar refractivity (Wildman–Crippen MR) is 111 cm³/mol. The van der Waals surface area contributed by atoms with Crippen LogP contribution in [0.4, 0.5) is 4.79 Å². The summed E-state index contributed by atoms with van der Waals surface area (Å²) in [4.78, 5) is 54.7. The predicted octanol–water partition coefficient (Wildman–Crippen LogP) is 2.15. The summed E-state index contributed by atoms with van der Waals surface area (Å²) in [5.74, 6) is -1.22. The van der Waals surface area contributed by atoms with Gasteiger partial charge in [0.15, 0.2) is 0 Å².